The Hall–Kier alpha value is -0.990. The topological polar surface area (TPSA) is 54.2 Å². The van der Waals surface area contributed by atoms with Gasteiger partial charge in [0.05, 0.1) is 19.1 Å². The Morgan fingerprint density at radius 3 is 2.79 bits per heavy atom. The quantitative estimate of drug-likeness (QED) is 0.370. The normalized spacial score (nSPS) is 12.4. The number of hydrogen-bond donors (Lipinski definition) is 2. The van der Waals surface area contributed by atoms with Crippen molar-refractivity contribution in [3.05, 3.63) is 52.3 Å². The lowest BCUT2D eigenvalue weighted by Crippen LogP contribution is -2.39. The zero-order valence-electron chi connectivity index (χ0n) is 13.7. The lowest BCUT2D eigenvalue weighted by atomic mass is 10.1. The molecule has 0 bridgehead atoms. The highest BCUT2D eigenvalue weighted by Crippen LogP contribution is 2.25. The number of guanidine groups is 1. The number of aromatic nitrogens is 2. The molecule has 0 spiro atoms. The second kappa shape index (κ2) is 10.8. The van der Waals surface area contributed by atoms with E-state index in [4.69, 9.17) is 23.2 Å². The average molecular weight is 482 g/mol. The second-order valence-corrected chi connectivity index (χ2v) is 5.91. The molecule has 0 saturated heterocycles. The molecule has 1 aromatic carbocycles. The predicted molar refractivity (Wildman–Crippen MR) is 112 cm³/mol. The summed E-state index contributed by atoms with van der Waals surface area (Å²) in [7, 11) is 0. The van der Waals surface area contributed by atoms with Gasteiger partial charge >= 0.3 is 0 Å². The minimum atomic E-state index is 0. The summed E-state index contributed by atoms with van der Waals surface area (Å²) in [6, 6.07) is 7.43. The van der Waals surface area contributed by atoms with E-state index in [1.54, 1.807) is 12.3 Å². The van der Waals surface area contributed by atoms with Gasteiger partial charge in [-0.15, -0.1) is 24.0 Å². The summed E-state index contributed by atoms with van der Waals surface area (Å²) in [4.78, 5) is 4.57. The third-order valence-corrected chi connectivity index (χ3v) is 3.85. The summed E-state index contributed by atoms with van der Waals surface area (Å²) >= 11 is 12.2. The van der Waals surface area contributed by atoms with E-state index in [9.17, 15) is 0 Å². The average Bonchev–Trinajstić information content (AvgIpc) is 3.00. The molecule has 1 aromatic heterocycles. The SMILES string of the molecule is CCNC(=NCCn1cccn1)NC(C)c1ccc(Cl)cc1Cl.I. The molecule has 2 N–H and O–H groups in total. The van der Waals surface area contributed by atoms with Gasteiger partial charge in [0, 0.05) is 29.0 Å². The summed E-state index contributed by atoms with van der Waals surface area (Å²) in [5.41, 5.74) is 0.980. The fourth-order valence-electron chi connectivity index (χ4n) is 2.15. The summed E-state index contributed by atoms with van der Waals surface area (Å²) in [6.07, 6.45) is 3.68. The van der Waals surface area contributed by atoms with Crippen LogP contribution in [0, 0.1) is 0 Å². The van der Waals surface area contributed by atoms with Crippen LogP contribution in [0.3, 0.4) is 0 Å². The molecule has 132 valence electrons. The zero-order valence-corrected chi connectivity index (χ0v) is 17.5. The van der Waals surface area contributed by atoms with Crippen molar-refractivity contribution in [2.75, 3.05) is 13.1 Å². The molecular weight excluding hydrogens is 460 g/mol. The molecule has 0 saturated carbocycles. The Kier molecular flexibility index (Phi) is 9.46. The highest BCUT2D eigenvalue weighted by atomic mass is 127. The Morgan fingerprint density at radius 1 is 1.38 bits per heavy atom. The maximum absolute atomic E-state index is 6.26. The molecule has 0 fully saturated rings. The van der Waals surface area contributed by atoms with Crippen LogP contribution in [0.25, 0.3) is 0 Å². The van der Waals surface area contributed by atoms with Gasteiger partial charge in [0.15, 0.2) is 5.96 Å². The van der Waals surface area contributed by atoms with Crippen molar-refractivity contribution >= 4 is 53.1 Å². The van der Waals surface area contributed by atoms with E-state index in [1.807, 2.05) is 42.9 Å². The first-order valence-corrected chi connectivity index (χ1v) is 8.33. The monoisotopic (exact) mass is 481 g/mol. The van der Waals surface area contributed by atoms with Gasteiger partial charge in [-0.25, -0.2) is 0 Å². The van der Waals surface area contributed by atoms with Crippen LogP contribution in [-0.2, 0) is 6.54 Å². The molecule has 0 aliphatic rings. The van der Waals surface area contributed by atoms with Gasteiger partial charge in [0.25, 0.3) is 0 Å². The third-order valence-electron chi connectivity index (χ3n) is 3.28. The highest BCUT2D eigenvalue weighted by Gasteiger charge is 2.11. The number of nitrogens with zero attached hydrogens (tertiary/aromatic N) is 3. The summed E-state index contributed by atoms with van der Waals surface area (Å²) in [6.45, 7) is 6.23. The Bertz CT molecular complexity index is 646. The minimum absolute atomic E-state index is 0. The van der Waals surface area contributed by atoms with Crippen LogP contribution < -0.4 is 10.6 Å². The van der Waals surface area contributed by atoms with Crippen LogP contribution >= 0.6 is 47.2 Å². The highest BCUT2D eigenvalue weighted by molar-refractivity contribution is 14.0. The Morgan fingerprint density at radius 2 is 2.17 bits per heavy atom. The van der Waals surface area contributed by atoms with Crippen LogP contribution in [-0.4, -0.2) is 28.8 Å². The number of halogens is 3. The third kappa shape index (κ3) is 6.49. The molecule has 1 unspecified atom stereocenters. The van der Waals surface area contributed by atoms with Crippen LogP contribution in [0.4, 0.5) is 0 Å². The van der Waals surface area contributed by atoms with Gasteiger partial charge in [-0.3, -0.25) is 9.67 Å². The summed E-state index contributed by atoms with van der Waals surface area (Å²) < 4.78 is 1.85. The Balaban J connectivity index is 0.00000288. The van der Waals surface area contributed by atoms with Crippen LogP contribution in [0.1, 0.15) is 25.5 Å². The van der Waals surface area contributed by atoms with E-state index < -0.39 is 0 Å². The molecule has 8 heteroatoms. The summed E-state index contributed by atoms with van der Waals surface area (Å²) in [5, 5.41) is 12.0. The first kappa shape index (κ1) is 21.1. The maximum Gasteiger partial charge on any atom is 0.191 e. The van der Waals surface area contributed by atoms with E-state index in [2.05, 4.69) is 20.7 Å². The molecule has 2 rings (SSSR count). The van der Waals surface area contributed by atoms with Crippen molar-refractivity contribution in [2.24, 2.45) is 4.99 Å². The van der Waals surface area contributed by atoms with Crippen molar-refractivity contribution in [1.82, 2.24) is 20.4 Å². The molecule has 5 nitrogen and oxygen atoms in total. The summed E-state index contributed by atoms with van der Waals surface area (Å²) in [5.74, 6) is 0.748. The van der Waals surface area contributed by atoms with Gasteiger partial charge in [-0.05, 0) is 37.6 Å². The number of rotatable bonds is 6. The fourth-order valence-corrected chi connectivity index (χ4v) is 2.72. The molecule has 0 aliphatic heterocycles. The fraction of sp³-hybridized carbons (Fsp3) is 0.375. The molecule has 1 atom stereocenters. The van der Waals surface area contributed by atoms with Gasteiger partial charge in [-0.1, -0.05) is 29.3 Å². The van der Waals surface area contributed by atoms with E-state index in [-0.39, 0.29) is 30.0 Å². The predicted octanol–water partition coefficient (Wildman–Crippen LogP) is 4.12. The number of aliphatic imine (C=N–C) groups is 1. The van der Waals surface area contributed by atoms with Crippen LogP contribution in [0.5, 0.6) is 0 Å². The van der Waals surface area contributed by atoms with Crippen molar-refractivity contribution in [3.63, 3.8) is 0 Å². The van der Waals surface area contributed by atoms with Crippen molar-refractivity contribution in [3.8, 4) is 0 Å². The van der Waals surface area contributed by atoms with E-state index in [0.717, 1.165) is 24.6 Å². The lowest BCUT2D eigenvalue weighted by molar-refractivity contribution is 0.617. The first-order valence-electron chi connectivity index (χ1n) is 7.57. The molecule has 1 heterocycles. The smallest absolute Gasteiger partial charge is 0.191 e. The molecule has 2 aromatic rings. The van der Waals surface area contributed by atoms with Crippen LogP contribution in [0.2, 0.25) is 10.0 Å². The Labute approximate surface area is 169 Å². The van der Waals surface area contributed by atoms with Crippen molar-refractivity contribution in [2.45, 2.75) is 26.4 Å². The minimum Gasteiger partial charge on any atom is -0.357 e. The van der Waals surface area contributed by atoms with Gasteiger partial charge < -0.3 is 10.6 Å². The van der Waals surface area contributed by atoms with E-state index in [1.165, 1.54) is 0 Å². The van der Waals surface area contributed by atoms with Gasteiger partial charge in [0.1, 0.15) is 0 Å². The van der Waals surface area contributed by atoms with Crippen molar-refractivity contribution < 1.29 is 0 Å². The van der Waals surface area contributed by atoms with E-state index >= 15 is 0 Å². The molecule has 24 heavy (non-hydrogen) atoms. The second-order valence-electron chi connectivity index (χ2n) is 5.06. The largest absolute Gasteiger partial charge is 0.357 e. The number of nitrogens with one attached hydrogen (secondary N) is 2. The standard InChI is InChI=1S/C16H21Cl2N5.HI/c1-3-19-16(20-8-10-23-9-4-7-21-23)22-12(2)14-6-5-13(17)11-15(14)18;/h4-7,9,11-12H,3,8,10H2,1-2H3,(H2,19,20,22);1H. The molecule has 0 aliphatic carbocycles. The maximum atomic E-state index is 6.26. The first-order chi connectivity index (χ1) is 11.1. The number of hydrogen-bond acceptors (Lipinski definition) is 2. The lowest BCUT2D eigenvalue weighted by Gasteiger charge is -2.19. The van der Waals surface area contributed by atoms with Crippen molar-refractivity contribution in [1.29, 1.82) is 0 Å². The molecular formula is C16H22Cl2IN5. The zero-order chi connectivity index (χ0) is 16.7. The van der Waals surface area contributed by atoms with E-state index in [0.29, 0.717) is 16.6 Å². The van der Waals surface area contributed by atoms with Gasteiger partial charge in [0.2, 0.25) is 0 Å². The molecule has 0 amide bonds. The molecule has 0 radical (unpaired) electrons. The number of benzene rings is 1. The van der Waals surface area contributed by atoms with Gasteiger partial charge in [-0.2, -0.15) is 5.10 Å². The van der Waals surface area contributed by atoms with Crippen LogP contribution in [0.15, 0.2) is 41.7 Å².